The van der Waals surface area contributed by atoms with Gasteiger partial charge in [0.05, 0.1) is 15.2 Å². The van der Waals surface area contributed by atoms with Gasteiger partial charge in [0.1, 0.15) is 0 Å². The van der Waals surface area contributed by atoms with Crippen LogP contribution in [-0.2, 0) is 0 Å². The molecule has 3 nitrogen and oxygen atoms in total. The molecule has 0 saturated heterocycles. The monoisotopic (exact) mass is 366 g/mol. The third kappa shape index (κ3) is 3.77. The molecule has 1 amide bonds. The van der Waals surface area contributed by atoms with Crippen LogP contribution < -0.4 is 10.6 Å². The summed E-state index contributed by atoms with van der Waals surface area (Å²) in [5, 5.41) is 6.66. The van der Waals surface area contributed by atoms with E-state index in [0.717, 1.165) is 17.8 Å². The summed E-state index contributed by atoms with van der Waals surface area (Å²) >= 11 is 9.40. The predicted octanol–water partition coefficient (Wildman–Crippen LogP) is 5.10. The van der Waals surface area contributed by atoms with Gasteiger partial charge in [0, 0.05) is 17.8 Å². The van der Waals surface area contributed by atoms with Gasteiger partial charge in [0.2, 0.25) is 0 Å². The summed E-state index contributed by atoms with van der Waals surface area (Å²) in [6.07, 6.45) is 0. The molecule has 0 atom stereocenters. The van der Waals surface area contributed by atoms with Crippen LogP contribution in [0.25, 0.3) is 0 Å². The van der Waals surface area contributed by atoms with E-state index in [4.69, 9.17) is 11.6 Å². The lowest BCUT2D eigenvalue weighted by Crippen LogP contribution is -2.14. The van der Waals surface area contributed by atoms with Crippen LogP contribution in [0.3, 0.4) is 0 Å². The molecule has 2 rings (SSSR count). The van der Waals surface area contributed by atoms with E-state index in [0.29, 0.717) is 20.7 Å². The van der Waals surface area contributed by atoms with Crippen LogP contribution in [0.5, 0.6) is 0 Å². The first-order valence-corrected chi connectivity index (χ1v) is 7.80. The average molecular weight is 368 g/mol. The summed E-state index contributed by atoms with van der Waals surface area (Å²) in [5.41, 5.74) is 3.23. The molecule has 2 N–H and O–H groups in total. The lowest BCUT2D eigenvalue weighted by atomic mass is 10.1. The third-order valence-electron chi connectivity index (χ3n) is 3.05. The Morgan fingerprint density at radius 3 is 2.71 bits per heavy atom. The number of benzene rings is 2. The van der Waals surface area contributed by atoms with Gasteiger partial charge in [-0.05, 0) is 65.7 Å². The number of aryl methyl sites for hydroxylation is 1. The molecule has 0 bridgehead atoms. The Morgan fingerprint density at radius 1 is 1.29 bits per heavy atom. The summed E-state index contributed by atoms with van der Waals surface area (Å²) in [7, 11) is 0. The van der Waals surface area contributed by atoms with Gasteiger partial charge in [-0.3, -0.25) is 4.79 Å². The Bertz CT molecular complexity index is 673. The maximum Gasteiger partial charge on any atom is 0.255 e. The average Bonchev–Trinajstić information content (AvgIpc) is 2.44. The highest BCUT2D eigenvalue weighted by molar-refractivity contribution is 9.10. The van der Waals surface area contributed by atoms with E-state index >= 15 is 0 Å². The van der Waals surface area contributed by atoms with Crippen LogP contribution >= 0.6 is 27.5 Å². The summed E-state index contributed by atoms with van der Waals surface area (Å²) in [4.78, 5) is 12.4. The van der Waals surface area contributed by atoms with Crippen molar-refractivity contribution in [3.8, 4) is 0 Å². The van der Waals surface area contributed by atoms with Crippen LogP contribution in [0.2, 0.25) is 5.02 Å². The van der Waals surface area contributed by atoms with Crippen molar-refractivity contribution < 1.29 is 4.79 Å². The van der Waals surface area contributed by atoms with E-state index < -0.39 is 0 Å². The van der Waals surface area contributed by atoms with Crippen molar-refractivity contribution in [2.45, 2.75) is 13.8 Å². The molecule has 0 aliphatic heterocycles. The lowest BCUT2D eigenvalue weighted by molar-refractivity contribution is 0.102. The van der Waals surface area contributed by atoms with Crippen molar-refractivity contribution >= 4 is 44.8 Å². The van der Waals surface area contributed by atoms with Gasteiger partial charge in [0.15, 0.2) is 0 Å². The largest absolute Gasteiger partial charge is 0.385 e. The zero-order valence-corrected chi connectivity index (χ0v) is 14.2. The predicted molar refractivity (Wildman–Crippen MR) is 92.4 cm³/mol. The van der Waals surface area contributed by atoms with Crippen LogP contribution in [0.4, 0.5) is 11.4 Å². The second-order valence-corrected chi connectivity index (χ2v) is 5.82. The van der Waals surface area contributed by atoms with E-state index in [1.54, 1.807) is 18.2 Å². The summed E-state index contributed by atoms with van der Waals surface area (Å²) in [6, 6.07) is 11.0. The molecule has 5 heteroatoms. The van der Waals surface area contributed by atoms with Gasteiger partial charge in [0.25, 0.3) is 5.91 Å². The highest BCUT2D eigenvalue weighted by Gasteiger charge is 2.12. The quantitative estimate of drug-likeness (QED) is 0.790. The smallest absolute Gasteiger partial charge is 0.255 e. The molecule has 0 spiro atoms. The maximum absolute atomic E-state index is 12.4. The third-order valence-corrected chi connectivity index (χ3v) is 4.45. The molecule has 0 aliphatic rings. The van der Waals surface area contributed by atoms with E-state index in [9.17, 15) is 4.79 Å². The van der Waals surface area contributed by atoms with Gasteiger partial charge in [-0.2, -0.15) is 0 Å². The lowest BCUT2D eigenvalue weighted by Gasteiger charge is -2.11. The zero-order valence-electron chi connectivity index (χ0n) is 11.8. The molecule has 21 heavy (non-hydrogen) atoms. The first-order chi connectivity index (χ1) is 10.0. The molecule has 0 radical (unpaired) electrons. The van der Waals surface area contributed by atoms with Crippen molar-refractivity contribution in [2.75, 3.05) is 17.2 Å². The number of anilines is 2. The zero-order chi connectivity index (χ0) is 15.4. The van der Waals surface area contributed by atoms with E-state index in [1.165, 1.54) is 0 Å². The van der Waals surface area contributed by atoms with Crippen molar-refractivity contribution in [1.82, 2.24) is 0 Å². The fraction of sp³-hybridized carbons (Fsp3) is 0.188. The molecular formula is C16H16BrClN2O. The number of carbonyl (C=O) groups is 1. The van der Waals surface area contributed by atoms with Crippen molar-refractivity contribution in [1.29, 1.82) is 0 Å². The normalized spacial score (nSPS) is 10.3. The van der Waals surface area contributed by atoms with E-state index in [-0.39, 0.29) is 5.91 Å². The van der Waals surface area contributed by atoms with Gasteiger partial charge in [-0.25, -0.2) is 0 Å². The molecule has 2 aromatic carbocycles. The van der Waals surface area contributed by atoms with Gasteiger partial charge >= 0.3 is 0 Å². The number of hydrogen-bond acceptors (Lipinski definition) is 2. The molecule has 0 aromatic heterocycles. The molecule has 0 saturated carbocycles. The fourth-order valence-corrected chi connectivity index (χ4v) is 2.56. The second-order valence-electron chi connectivity index (χ2n) is 4.62. The van der Waals surface area contributed by atoms with E-state index in [1.807, 2.05) is 32.0 Å². The number of amides is 1. The van der Waals surface area contributed by atoms with Crippen LogP contribution in [0.1, 0.15) is 22.8 Å². The molecular weight excluding hydrogens is 352 g/mol. The summed E-state index contributed by atoms with van der Waals surface area (Å²) in [5.74, 6) is -0.154. The van der Waals surface area contributed by atoms with Crippen LogP contribution in [-0.4, -0.2) is 12.5 Å². The molecule has 110 valence electrons. The minimum Gasteiger partial charge on any atom is -0.385 e. The Labute approximate surface area is 137 Å². The Balaban J connectivity index is 2.22. The summed E-state index contributed by atoms with van der Waals surface area (Å²) < 4.78 is 0.682. The topological polar surface area (TPSA) is 41.1 Å². The maximum atomic E-state index is 12.4. The molecule has 0 aliphatic carbocycles. The number of nitrogens with one attached hydrogen (secondary N) is 2. The van der Waals surface area contributed by atoms with Crippen molar-refractivity contribution in [3.63, 3.8) is 0 Å². The first kappa shape index (κ1) is 15.9. The molecule has 0 fully saturated rings. The van der Waals surface area contributed by atoms with Crippen LogP contribution in [0, 0.1) is 6.92 Å². The molecule has 0 unspecified atom stereocenters. The SMILES string of the molecule is CCNc1ccc(C(=O)Nc2cccc(Cl)c2Br)c(C)c1. The minimum atomic E-state index is -0.154. The number of rotatable bonds is 4. The number of halogens is 2. The fourth-order valence-electron chi connectivity index (χ4n) is 2.02. The van der Waals surface area contributed by atoms with Crippen molar-refractivity contribution in [2.24, 2.45) is 0 Å². The van der Waals surface area contributed by atoms with Gasteiger partial charge in [-0.15, -0.1) is 0 Å². The minimum absolute atomic E-state index is 0.154. The Morgan fingerprint density at radius 2 is 2.05 bits per heavy atom. The van der Waals surface area contributed by atoms with Gasteiger partial charge in [-0.1, -0.05) is 17.7 Å². The molecule has 2 aromatic rings. The number of hydrogen-bond donors (Lipinski definition) is 2. The summed E-state index contributed by atoms with van der Waals surface area (Å²) in [6.45, 7) is 4.80. The molecule has 0 heterocycles. The first-order valence-electron chi connectivity index (χ1n) is 6.62. The Kier molecular flexibility index (Phi) is 5.26. The van der Waals surface area contributed by atoms with Crippen LogP contribution in [0.15, 0.2) is 40.9 Å². The number of carbonyl (C=O) groups excluding carboxylic acids is 1. The standard InChI is InChI=1S/C16H16BrClN2O/c1-3-19-11-7-8-12(10(2)9-11)16(21)20-14-6-4-5-13(18)15(14)17/h4-9,19H,3H2,1-2H3,(H,20,21). The highest BCUT2D eigenvalue weighted by Crippen LogP contribution is 2.30. The van der Waals surface area contributed by atoms with Gasteiger partial charge < -0.3 is 10.6 Å². The van der Waals surface area contributed by atoms with Crippen molar-refractivity contribution in [3.05, 3.63) is 57.0 Å². The highest BCUT2D eigenvalue weighted by atomic mass is 79.9. The second kappa shape index (κ2) is 6.96. The Hall–Kier alpha value is -1.52. The van der Waals surface area contributed by atoms with E-state index in [2.05, 4.69) is 26.6 Å².